The van der Waals surface area contributed by atoms with Crippen molar-refractivity contribution in [3.05, 3.63) is 35.4 Å². The number of halogens is 1. The van der Waals surface area contributed by atoms with Crippen molar-refractivity contribution < 1.29 is 14.3 Å². The highest BCUT2D eigenvalue weighted by atomic mass is 79.9. The molecule has 4 heteroatoms. The molecule has 0 fully saturated rings. The lowest BCUT2D eigenvalue weighted by atomic mass is 10.1. The number of esters is 1. The molecule has 0 heterocycles. The number of hydrogen-bond acceptors (Lipinski definition) is 3. The molecule has 16 heavy (non-hydrogen) atoms. The first-order valence-corrected chi connectivity index (χ1v) is 6.26. The van der Waals surface area contributed by atoms with Crippen LogP contribution in [-0.2, 0) is 26.2 Å². The van der Waals surface area contributed by atoms with Gasteiger partial charge in [0.15, 0.2) is 0 Å². The van der Waals surface area contributed by atoms with E-state index in [1.165, 1.54) is 5.56 Å². The maximum atomic E-state index is 11.0. The van der Waals surface area contributed by atoms with E-state index in [-0.39, 0.29) is 12.6 Å². The van der Waals surface area contributed by atoms with Crippen LogP contribution in [0.5, 0.6) is 0 Å². The molecule has 0 amide bonds. The van der Waals surface area contributed by atoms with Gasteiger partial charge in [0.25, 0.3) is 0 Å². The predicted octanol–water partition coefficient (Wildman–Crippen LogP) is 2.66. The summed E-state index contributed by atoms with van der Waals surface area (Å²) in [6.07, 6.45) is 0. The summed E-state index contributed by atoms with van der Waals surface area (Å²) in [6, 6.07) is 7.94. The average Bonchev–Trinajstić information content (AvgIpc) is 2.30. The molecule has 1 aromatic carbocycles. The maximum absolute atomic E-state index is 11.0. The van der Waals surface area contributed by atoms with Crippen LogP contribution in [0.15, 0.2) is 24.3 Å². The van der Waals surface area contributed by atoms with E-state index in [4.69, 9.17) is 9.47 Å². The van der Waals surface area contributed by atoms with E-state index >= 15 is 0 Å². The molecule has 0 aliphatic heterocycles. The van der Waals surface area contributed by atoms with Gasteiger partial charge in [-0.2, -0.15) is 0 Å². The molecule has 0 unspecified atom stereocenters. The van der Waals surface area contributed by atoms with Gasteiger partial charge in [-0.3, -0.25) is 0 Å². The van der Waals surface area contributed by atoms with Gasteiger partial charge in [-0.05, 0) is 18.1 Å². The Hall–Kier alpha value is -0.870. The zero-order valence-corrected chi connectivity index (χ0v) is 10.8. The Morgan fingerprint density at radius 1 is 1.31 bits per heavy atom. The van der Waals surface area contributed by atoms with Crippen LogP contribution in [0.25, 0.3) is 0 Å². The first kappa shape index (κ1) is 13.2. The summed E-state index contributed by atoms with van der Waals surface area (Å²) in [5, 5.41) is 0.784. The third-order valence-corrected chi connectivity index (χ3v) is 2.65. The van der Waals surface area contributed by atoms with Crippen LogP contribution in [0.2, 0.25) is 0 Å². The average molecular weight is 287 g/mol. The zero-order valence-electron chi connectivity index (χ0n) is 9.24. The molecule has 0 aromatic heterocycles. The molecule has 0 atom stereocenters. The monoisotopic (exact) mass is 286 g/mol. The van der Waals surface area contributed by atoms with Gasteiger partial charge in [0, 0.05) is 5.33 Å². The second kappa shape index (κ2) is 7.41. The van der Waals surface area contributed by atoms with E-state index in [2.05, 4.69) is 15.9 Å². The van der Waals surface area contributed by atoms with Crippen molar-refractivity contribution >= 4 is 21.9 Å². The highest BCUT2D eigenvalue weighted by Crippen LogP contribution is 2.13. The molecule has 3 nitrogen and oxygen atoms in total. The quantitative estimate of drug-likeness (QED) is 0.596. The molecule has 0 saturated heterocycles. The van der Waals surface area contributed by atoms with Crippen molar-refractivity contribution in [2.24, 2.45) is 0 Å². The molecule has 0 spiro atoms. The van der Waals surface area contributed by atoms with Crippen LogP contribution >= 0.6 is 15.9 Å². The summed E-state index contributed by atoms with van der Waals surface area (Å²) in [4.78, 5) is 11.0. The van der Waals surface area contributed by atoms with Gasteiger partial charge >= 0.3 is 5.97 Å². The van der Waals surface area contributed by atoms with E-state index in [1.807, 2.05) is 24.3 Å². The van der Waals surface area contributed by atoms with Crippen molar-refractivity contribution in [2.45, 2.75) is 18.9 Å². The van der Waals surface area contributed by atoms with Crippen molar-refractivity contribution in [1.29, 1.82) is 0 Å². The number of rotatable bonds is 6. The summed E-state index contributed by atoms with van der Waals surface area (Å²) >= 11 is 3.41. The van der Waals surface area contributed by atoms with Crippen molar-refractivity contribution in [3.63, 3.8) is 0 Å². The van der Waals surface area contributed by atoms with E-state index in [1.54, 1.807) is 6.92 Å². The first-order chi connectivity index (χ1) is 7.77. The summed E-state index contributed by atoms with van der Waals surface area (Å²) in [6.45, 7) is 2.60. The van der Waals surface area contributed by atoms with Gasteiger partial charge in [0.05, 0.1) is 13.2 Å². The smallest absolute Gasteiger partial charge is 0.332 e. The Balaban J connectivity index is 2.39. The summed E-state index contributed by atoms with van der Waals surface area (Å²) in [7, 11) is 0. The Morgan fingerprint density at radius 2 is 2.00 bits per heavy atom. The van der Waals surface area contributed by atoms with E-state index < -0.39 is 0 Å². The molecule has 0 aliphatic carbocycles. The van der Waals surface area contributed by atoms with Gasteiger partial charge in [0.2, 0.25) is 0 Å². The number of alkyl halides is 1. The molecule has 0 aliphatic rings. The molecular formula is C12H15BrO3. The van der Waals surface area contributed by atoms with E-state index in [0.717, 1.165) is 10.9 Å². The predicted molar refractivity (Wildman–Crippen MR) is 65.4 cm³/mol. The Bertz CT molecular complexity index is 339. The summed E-state index contributed by atoms with van der Waals surface area (Å²) in [5.41, 5.74) is 2.26. The summed E-state index contributed by atoms with van der Waals surface area (Å²) in [5.74, 6) is -0.321. The highest BCUT2D eigenvalue weighted by molar-refractivity contribution is 9.08. The molecule has 88 valence electrons. The van der Waals surface area contributed by atoms with Gasteiger partial charge in [-0.15, -0.1) is 0 Å². The van der Waals surface area contributed by atoms with Crippen LogP contribution in [0.4, 0.5) is 0 Å². The largest absolute Gasteiger partial charge is 0.464 e. The number of carbonyl (C=O) groups is 1. The Morgan fingerprint density at radius 3 is 2.62 bits per heavy atom. The minimum atomic E-state index is -0.321. The number of benzene rings is 1. The van der Waals surface area contributed by atoms with Crippen molar-refractivity contribution in [2.75, 3.05) is 13.2 Å². The fraction of sp³-hybridized carbons (Fsp3) is 0.417. The molecular weight excluding hydrogens is 272 g/mol. The van der Waals surface area contributed by atoms with Gasteiger partial charge in [0.1, 0.15) is 6.61 Å². The molecule has 1 rings (SSSR count). The highest BCUT2D eigenvalue weighted by Gasteiger charge is 2.04. The van der Waals surface area contributed by atoms with Crippen molar-refractivity contribution in [1.82, 2.24) is 0 Å². The number of ether oxygens (including phenoxy) is 2. The molecule has 0 radical (unpaired) electrons. The normalized spacial score (nSPS) is 10.1. The SMILES string of the molecule is CCOC(=O)COCc1ccccc1CBr. The van der Waals surface area contributed by atoms with E-state index in [9.17, 15) is 4.79 Å². The minimum Gasteiger partial charge on any atom is -0.464 e. The first-order valence-electron chi connectivity index (χ1n) is 5.14. The number of hydrogen-bond donors (Lipinski definition) is 0. The van der Waals surface area contributed by atoms with Crippen LogP contribution < -0.4 is 0 Å². The lowest BCUT2D eigenvalue weighted by molar-refractivity contribution is -0.148. The fourth-order valence-corrected chi connectivity index (χ4v) is 1.82. The van der Waals surface area contributed by atoms with Gasteiger partial charge in [-0.1, -0.05) is 40.2 Å². The third kappa shape index (κ3) is 4.33. The summed E-state index contributed by atoms with van der Waals surface area (Å²) < 4.78 is 10.0. The van der Waals surface area contributed by atoms with Crippen LogP contribution in [0.3, 0.4) is 0 Å². The van der Waals surface area contributed by atoms with E-state index in [0.29, 0.717) is 13.2 Å². The Labute approximate surface area is 104 Å². The maximum Gasteiger partial charge on any atom is 0.332 e. The lowest BCUT2D eigenvalue weighted by Crippen LogP contribution is -2.12. The molecule has 0 bridgehead atoms. The van der Waals surface area contributed by atoms with Crippen LogP contribution in [-0.4, -0.2) is 19.2 Å². The third-order valence-electron chi connectivity index (χ3n) is 2.05. The molecule has 0 N–H and O–H groups in total. The van der Waals surface area contributed by atoms with Crippen LogP contribution in [0, 0.1) is 0 Å². The fourth-order valence-electron chi connectivity index (χ4n) is 1.28. The Kier molecular flexibility index (Phi) is 6.11. The topological polar surface area (TPSA) is 35.5 Å². The van der Waals surface area contributed by atoms with Gasteiger partial charge in [-0.25, -0.2) is 4.79 Å². The molecule has 1 aromatic rings. The second-order valence-electron chi connectivity index (χ2n) is 3.20. The zero-order chi connectivity index (χ0) is 11.8. The second-order valence-corrected chi connectivity index (χ2v) is 3.76. The van der Waals surface area contributed by atoms with Crippen molar-refractivity contribution in [3.8, 4) is 0 Å². The van der Waals surface area contributed by atoms with Gasteiger partial charge < -0.3 is 9.47 Å². The number of carbonyl (C=O) groups excluding carboxylic acids is 1. The molecule has 0 saturated carbocycles. The minimum absolute atomic E-state index is 0.00442. The standard InChI is InChI=1S/C12H15BrO3/c1-2-16-12(14)9-15-8-11-6-4-3-5-10(11)7-13/h3-6H,2,7-9H2,1H3. The van der Waals surface area contributed by atoms with Crippen LogP contribution in [0.1, 0.15) is 18.1 Å². The lowest BCUT2D eigenvalue weighted by Gasteiger charge is -2.07.